The smallest absolute Gasteiger partial charge is 0.354 e. The third-order valence-electron chi connectivity index (χ3n) is 3.65. The summed E-state index contributed by atoms with van der Waals surface area (Å²) in [7, 11) is 1.17. The highest BCUT2D eigenvalue weighted by atomic mass is 16.5. The van der Waals surface area contributed by atoms with Gasteiger partial charge in [0.2, 0.25) is 0 Å². The minimum absolute atomic E-state index is 0.171. The van der Waals surface area contributed by atoms with Gasteiger partial charge in [-0.3, -0.25) is 9.69 Å². The van der Waals surface area contributed by atoms with Gasteiger partial charge in [0.15, 0.2) is 6.10 Å². The highest BCUT2D eigenvalue weighted by molar-refractivity contribution is 5.99. The first-order chi connectivity index (χ1) is 11.0. The van der Waals surface area contributed by atoms with E-state index in [-0.39, 0.29) is 12.3 Å². The molecule has 3 atom stereocenters. The Labute approximate surface area is 133 Å². The fourth-order valence-electron chi connectivity index (χ4n) is 2.42. The number of hydrogen-bond donors (Lipinski definition) is 2. The van der Waals surface area contributed by atoms with Crippen LogP contribution in [0.4, 0.5) is 0 Å². The third-order valence-corrected chi connectivity index (χ3v) is 3.65. The normalized spacial score (nSPS) is 21.5. The van der Waals surface area contributed by atoms with E-state index in [9.17, 15) is 14.7 Å². The van der Waals surface area contributed by atoms with E-state index in [0.717, 1.165) is 10.5 Å². The molecule has 1 saturated heterocycles. The van der Waals surface area contributed by atoms with Crippen LogP contribution >= 0.6 is 0 Å². The molecule has 0 spiro atoms. The number of esters is 1. The molecule has 0 radical (unpaired) electrons. The molecule has 2 N–H and O–H groups in total. The second kappa shape index (κ2) is 7.36. The lowest BCUT2D eigenvalue weighted by atomic mass is 9.91. The molecular formula is C16H19NO6. The van der Waals surface area contributed by atoms with Gasteiger partial charge >= 0.3 is 5.97 Å². The first-order valence-corrected chi connectivity index (χ1v) is 7.06. The van der Waals surface area contributed by atoms with Gasteiger partial charge < -0.3 is 19.7 Å². The quantitative estimate of drug-likeness (QED) is 0.411. The number of benzene rings is 1. The molecule has 1 aromatic carbocycles. The van der Waals surface area contributed by atoms with Crippen LogP contribution in [0.3, 0.4) is 0 Å². The number of carbonyl (C=O) groups excluding carboxylic acids is 2. The fraction of sp³-hybridized carbons (Fsp3) is 0.375. The van der Waals surface area contributed by atoms with Crippen molar-refractivity contribution in [2.45, 2.75) is 24.9 Å². The molecule has 1 amide bonds. The Bertz CT molecular complexity index is 587. The summed E-state index contributed by atoms with van der Waals surface area (Å²) >= 11 is 0. The zero-order chi connectivity index (χ0) is 17.0. The lowest BCUT2D eigenvalue weighted by Crippen LogP contribution is -2.70. The van der Waals surface area contributed by atoms with Crippen molar-refractivity contribution in [3.8, 4) is 0 Å². The molecule has 0 aromatic heterocycles. The minimum Gasteiger partial charge on any atom is -0.464 e. The van der Waals surface area contributed by atoms with Crippen LogP contribution in [0.1, 0.15) is 5.56 Å². The van der Waals surface area contributed by atoms with Crippen molar-refractivity contribution >= 4 is 11.9 Å². The van der Waals surface area contributed by atoms with Gasteiger partial charge in [-0.25, -0.2) is 4.79 Å². The number of β-lactam (4-membered cyclic amide) rings is 1. The largest absolute Gasteiger partial charge is 0.464 e. The van der Waals surface area contributed by atoms with E-state index < -0.39 is 36.7 Å². The molecule has 124 valence electrons. The number of aliphatic hydroxyl groups is 2. The van der Waals surface area contributed by atoms with Crippen LogP contribution in [-0.4, -0.2) is 59.0 Å². The lowest BCUT2D eigenvalue weighted by molar-refractivity contribution is -0.185. The molecule has 23 heavy (non-hydrogen) atoms. The summed E-state index contributed by atoms with van der Waals surface area (Å²) in [5.74, 6) is -1.29. The fourth-order valence-corrected chi connectivity index (χ4v) is 2.42. The Balaban J connectivity index is 2.09. The molecular weight excluding hydrogens is 302 g/mol. The second-order valence-electron chi connectivity index (χ2n) is 5.10. The van der Waals surface area contributed by atoms with Gasteiger partial charge in [0, 0.05) is 0 Å². The monoisotopic (exact) mass is 321 g/mol. The summed E-state index contributed by atoms with van der Waals surface area (Å²) < 4.78 is 10.1. The van der Waals surface area contributed by atoms with Crippen molar-refractivity contribution in [2.75, 3.05) is 13.7 Å². The van der Waals surface area contributed by atoms with Crippen molar-refractivity contribution in [1.29, 1.82) is 0 Å². The van der Waals surface area contributed by atoms with Gasteiger partial charge in [0.1, 0.15) is 17.8 Å². The van der Waals surface area contributed by atoms with Gasteiger partial charge in [-0.1, -0.05) is 36.9 Å². The summed E-state index contributed by atoms with van der Waals surface area (Å²) in [4.78, 5) is 24.8. The number of ether oxygens (including phenoxy) is 2. The number of likely N-dealkylation sites (tertiary alicyclic amines) is 1. The van der Waals surface area contributed by atoms with E-state index in [1.54, 1.807) is 0 Å². The minimum atomic E-state index is -1.25. The summed E-state index contributed by atoms with van der Waals surface area (Å²) in [5, 5.41) is 19.1. The zero-order valence-corrected chi connectivity index (χ0v) is 12.7. The van der Waals surface area contributed by atoms with Crippen LogP contribution in [0.2, 0.25) is 0 Å². The average Bonchev–Trinajstić information content (AvgIpc) is 2.58. The Kier molecular flexibility index (Phi) is 5.49. The third kappa shape index (κ3) is 3.42. The van der Waals surface area contributed by atoms with Crippen molar-refractivity contribution in [2.24, 2.45) is 0 Å². The summed E-state index contributed by atoms with van der Waals surface area (Å²) in [5.41, 5.74) is 0.664. The molecule has 0 unspecified atom stereocenters. The van der Waals surface area contributed by atoms with E-state index in [2.05, 4.69) is 11.3 Å². The molecule has 1 aromatic rings. The Morgan fingerprint density at radius 2 is 2.04 bits per heavy atom. The Morgan fingerprint density at radius 3 is 2.61 bits per heavy atom. The molecule has 0 aliphatic carbocycles. The molecule has 1 aliphatic heterocycles. The van der Waals surface area contributed by atoms with Gasteiger partial charge in [0.25, 0.3) is 5.91 Å². The van der Waals surface area contributed by atoms with Crippen LogP contribution in [0.25, 0.3) is 0 Å². The molecule has 0 saturated carbocycles. The van der Waals surface area contributed by atoms with E-state index >= 15 is 0 Å². The highest BCUT2D eigenvalue weighted by Gasteiger charge is 2.54. The highest BCUT2D eigenvalue weighted by Crippen LogP contribution is 2.30. The SMILES string of the molecule is C=C(C(=O)OC)N1C(=O)[C@H](OCc2ccccc2)[C@@H]1[C@H](O)CO. The Morgan fingerprint density at radius 1 is 1.39 bits per heavy atom. The van der Waals surface area contributed by atoms with Gasteiger partial charge in [-0.05, 0) is 5.56 Å². The van der Waals surface area contributed by atoms with Crippen molar-refractivity contribution < 1.29 is 29.3 Å². The summed E-state index contributed by atoms with van der Waals surface area (Å²) in [6.07, 6.45) is -2.21. The molecule has 1 fully saturated rings. The van der Waals surface area contributed by atoms with Crippen molar-refractivity contribution in [3.05, 3.63) is 48.2 Å². The first-order valence-electron chi connectivity index (χ1n) is 7.06. The van der Waals surface area contributed by atoms with Crippen LogP contribution in [0.5, 0.6) is 0 Å². The standard InChI is InChI=1S/C16H19NO6/c1-10(16(21)22-2)17-13(12(19)8-18)14(15(17)20)23-9-11-6-4-3-5-7-11/h3-7,12-14,18-19H,1,8-9H2,2H3/t12-,13+,14-/m1/s1. The van der Waals surface area contributed by atoms with Crippen molar-refractivity contribution in [3.63, 3.8) is 0 Å². The van der Waals surface area contributed by atoms with Crippen molar-refractivity contribution in [1.82, 2.24) is 4.90 Å². The number of aliphatic hydroxyl groups excluding tert-OH is 2. The summed E-state index contributed by atoms with van der Waals surface area (Å²) in [6.45, 7) is 3.10. The molecule has 7 nitrogen and oxygen atoms in total. The van der Waals surface area contributed by atoms with E-state index in [1.807, 2.05) is 30.3 Å². The summed E-state index contributed by atoms with van der Waals surface area (Å²) in [6, 6.07) is 8.33. The molecule has 7 heteroatoms. The van der Waals surface area contributed by atoms with Crippen LogP contribution in [0.15, 0.2) is 42.6 Å². The second-order valence-corrected chi connectivity index (χ2v) is 5.10. The Hall–Kier alpha value is -2.22. The molecule has 1 heterocycles. The van der Waals surface area contributed by atoms with Gasteiger partial charge in [-0.15, -0.1) is 0 Å². The predicted octanol–water partition coefficient (Wildman–Crippen LogP) is -0.178. The van der Waals surface area contributed by atoms with Crippen LogP contribution < -0.4 is 0 Å². The maximum Gasteiger partial charge on any atom is 0.354 e. The molecule has 1 aliphatic rings. The van der Waals surface area contributed by atoms with Gasteiger partial charge in [-0.2, -0.15) is 0 Å². The molecule has 0 bridgehead atoms. The lowest BCUT2D eigenvalue weighted by Gasteiger charge is -2.48. The maximum atomic E-state index is 12.2. The number of nitrogens with zero attached hydrogens (tertiary/aromatic N) is 1. The number of hydrogen-bond acceptors (Lipinski definition) is 6. The number of carbonyl (C=O) groups is 2. The maximum absolute atomic E-state index is 12.2. The number of methoxy groups -OCH3 is 1. The van der Waals surface area contributed by atoms with E-state index in [4.69, 9.17) is 9.84 Å². The number of amides is 1. The topological polar surface area (TPSA) is 96.3 Å². The van der Waals surface area contributed by atoms with Gasteiger partial charge in [0.05, 0.1) is 20.3 Å². The molecule has 2 rings (SSSR count). The van der Waals surface area contributed by atoms with E-state index in [0.29, 0.717) is 0 Å². The zero-order valence-electron chi connectivity index (χ0n) is 12.7. The van der Waals surface area contributed by atoms with Crippen LogP contribution in [-0.2, 0) is 25.7 Å². The first kappa shape index (κ1) is 17.1. The average molecular weight is 321 g/mol. The number of rotatable bonds is 7. The predicted molar refractivity (Wildman–Crippen MR) is 79.9 cm³/mol. The van der Waals surface area contributed by atoms with Crippen LogP contribution in [0, 0.1) is 0 Å². The van der Waals surface area contributed by atoms with E-state index in [1.165, 1.54) is 7.11 Å².